The van der Waals surface area contributed by atoms with Crippen LogP contribution in [0.1, 0.15) is 18.1 Å². The molecule has 0 aliphatic carbocycles. The number of aliphatic carboxylic acids is 1. The number of carbonyl (C=O) groups excluding carboxylic acids is 1. The number of hydrogen-bond donors (Lipinski definition) is 2. The Hall–Kier alpha value is -3.71. The van der Waals surface area contributed by atoms with Crippen LogP contribution in [0.3, 0.4) is 0 Å². The zero-order chi connectivity index (χ0) is 24.4. The van der Waals surface area contributed by atoms with Crippen molar-refractivity contribution in [2.45, 2.75) is 13.5 Å². The first kappa shape index (κ1) is 25.5. The van der Waals surface area contributed by atoms with Crippen molar-refractivity contribution in [2.75, 3.05) is 27.4 Å². The van der Waals surface area contributed by atoms with Gasteiger partial charge in [0.15, 0.2) is 18.1 Å². The minimum absolute atomic E-state index is 0.129. The minimum atomic E-state index is -1.13. The first-order chi connectivity index (χ1) is 15.8. The second-order valence-corrected chi connectivity index (χ2v) is 7.33. The Morgan fingerprint density at radius 1 is 1.15 bits per heavy atom. The fraction of sp³-hybridized carbons (Fsp3) is 0.261. The Kier molecular flexibility index (Phi) is 9.57. The van der Waals surface area contributed by atoms with Crippen LogP contribution in [-0.4, -0.2) is 44.4 Å². The molecule has 2 aromatic carbocycles. The zero-order valence-electron chi connectivity index (χ0n) is 18.3. The molecule has 0 aliphatic rings. The van der Waals surface area contributed by atoms with E-state index in [1.54, 1.807) is 44.4 Å². The molecule has 9 nitrogen and oxygen atoms in total. The second-order valence-electron chi connectivity index (χ2n) is 6.48. The maximum absolute atomic E-state index is 12.6. The SMILES string of the molecule is CCOc1cc(/C=C(\C#N)C(=O)NCc2ccc(OC)cc2OC)cc(Br)c1OCC(=O)O. The van der Waals surface area contributed by atoms with Gasteiger partial charge in [-0.1, -0.05) is 0 Å². The van der Waals surface area contributed by atoms with Gasteiger partial charge in [0.2, 0.25) is 0 Å². The molecule has 33 heavy (non-hydrogen) atoms. The normalized spacial score (nSPS) is 10.7. The number of carboxylic acid groups (broad SMARTS) is 1. The van der Waals surface area contributed by atoms with Crippen molar-refractivity contribution in [2.24, 2.45) is 0 Å². The lowest BCUT2D eigenvalue weighted by Crippen LogP contribution is -2.24. The molecule has 0 saturated carbocycles. The summed E-state index contributed by atoms with van der Waals surface area (Å²) in [6.45, 7) is 1.66. The Morgan fingerprint density at radius 3 is 2.52 bits per heavy atom. The summed E-state index contributed by atoms with van der Waals surface area (Å²) in [7, 11) is 3.05. The predicted octanol–water partition coefficient (Wildman–Crippen LogP) is 3.55. The topological polar surface area (TPSA) is 127 Å². The molecule has 0 heterocycles. The zero-order valence-corrected chi connectivity index (χ0v) is 19.9. The standard InChI is InChI=1S/C23H23BrN2O7/c1-4-32-20-9-14(8-18(24)22(20)33-13-21(27)28)7-16(11-25)23(29)26-12-15-5-6-17(30-2)10-19(15)31-3/h5-10H,4,12-13H2,1-3H3,(H,26,29)(H,27,28)/b16-7+. The first-order valence-electron chi connectivity index (χ1n) is 9.74. The van der Waals surface area contributed by atoms with Gasteiger partial charge in [-0.05, 0) is 58.8 Å². The van der Waals surface area contributed by atoms with Gasteiger partial charge in [-0.2, -0.15) is 5.26 Å². The van der Waals surface area contributed by atoms with Crippen LogP contribution in [0.5, 0.6) is 23.0 Å². The molecule has 0 radical (unpaired) electrons. The molecule has 0 spiro atoms. The lowest BCUT2D eigenvalue weighted by molar-refractivity contribution is -0.139. The highest BCUT2D eigenvalue weighted by Gasteiger charge is 2.16. The summed E-state index contributed by atoms with van der Waals surface area (Å²) in [5.74, 6) is -0.0581. The van der Waals surface area contributed by atoms with E-state index in [-0.39, 0.29) is 23.6 Å². The Morgan fingerprint density at radius 2 is 1.91 bits per heavy atom. The van der Waals surface area contributed by atoms with Gasteiger partial charge in [0, 0.05) is 18.2 Å². The van der Waals surface area contributed by atoms with Crippen LogP contribution < -0.4 is 24.3 Å². The van der Waals surface area contributed by atoms with Gasteiger partial charge in [0.25, 0.3) is 5.91 Å². The van der Waals surface area contributed by atoms with E-state index < -0.39 is 18.5 Å². The van der Waals surface area contributed by atoms with Crippen molar-refractivity contribution in [1.82, 2.24) is 5.32 Å². The third-order valence-corrected chi connectivity index (χ3v) is 4.87. The van der Waals surface area contributed by atoms with E-state index in [0.29, 0.717) is 33.7 Å². The molecule has 0 aromatic heterocycles. The second kappa shape index (κ2) is 12.4. The molecule has 0 bridgehead atoms. The highest BCUT2D eigenvalue weighted by Crippen LogP contribution is 2.37. The third-order valence-electron chi connectivity index (χ3n) is 4.28. The van der Waals surface area contributed by atoms with Gasteiger partial charge < -0.3 is 29.4 Å². The van der Waals surface area contributed by atoms with Crippen molar-refractivity contribution in [3.8, 4) is 29.1 Å². The molecular weight excluding hydrogens is 496 g/mol. The lowest BCUT2D eigenvalue weighted by atomic mass is 10.1. The number of nitriles is 1. The third kappa shape index (κ3) is 7.15. The highest BCUT2D eigenvalue weighted by atomic mass is 79.9. The van der Waals surface area contributed by atoms with Crippen LogP contribution >= 0.6 is 15.9 Å². The molecule has 174 valence electrons. The fourth-order valence-corrected chi connectivity index (χ4v) is 3.37. The molecule has 2 N–H and O–H groups in total. The molecule has 0 fully saturated rings. The van der Waals surface area contributed by atoms with Gasteiger partial charge >= 0.3 is 5.97 Å². The number of amides is 1. The molecule has 2 rings (SSSR count). The quantitative estimate of drug-likeness (QED) is 0.341. The molecule has 0 unspecified atom stereocenters. The Labute approximate surface area is 199 Å². The van der Waals surface area contributed by atoms with E-state index in [1.807, 2.05) is 6.07 Å². The summed E-state index contributed by atoms with van der Waals surface area (Å²) < 4.78 is 21.7. The summed E-state index contributed by atoms with van der Waals surface area (Å²) in [5, 5.41) is 21.1. The number of hydrogen-bond acceptors (Lipinski definition) is 7. The minimum Gasteiger partial charge on any atom is -0.497 e. The maximum Gasteiger partial charge on any atom is 0.341 e. The summed E-state index contributed by atoms with van der Waals surface area (Å²) in [4.78, 5) is 23.4. The highest BCUT2D eigenvalue weighted by molar-refractivity contribution is 9.10. The summed E-state index contributed by atoms with van der Waals surface area (Å²) >= 11 is 3.32. The van der Waals surface area contributed by atoms with E-state index >= 15 is 0 Å². The number of carboxylic acids is 1. The molecule has 0 atom stereocenters. The number of benzene rings is 2. The van der Waals surface area contributed by atoms with Gasteiger partial charge in [-0.25, -0.2) is 4.79 Å². The van der Waals surface area contributed by atoms with E-state index in [9.17, 15) is 14.9 Å². The number of halogens is 1. The monoisotopic (exact) mass is 518 g/mol. The van der Waals surface area contributed by atoms with Gasteiger partial charge in [-0.15, -0.1) is 0 Å². The first-order valence-corrected chi connectivity index (χ1v) is 10.5. The van der Waals surface area contributed by atoms with Crippen molar-refractivity contribution < 1.29 is 33.6 Å². The number of methoxy groups -OCH3 is 2. The van der Waals surface area contributed by atoms with Crippen molar-refractivity contribution in [3.63, 3.8) is 0 Å². The molecular formula is C23H23BrN2O7. The van der Waals surface area contributed by atoms with Crippen LogP contribution in [-0.2, 0) is 16.1 Å². The number of ether oxygens (including phenoxy) is 4. The Balaban J connectivity index is 2.24. The molecule has 0 aliphatic heterocycles. The Bertz CT molecular complexity index is 1090. The van der Waals surface area contributed by atoms with Crippen LogP contribution in [0.25, 0.3) is 6.08 Å². The van der Waals surface area contributed by atoms with Crippen molar-refractivity contribution in [3.05, 3.63) is 51.5 Å². The largest absolute Gasteiger partial charge is 0.497 e. The van der Waals surface area contributed by atoms with E-state index in [0.717, 1.165) is 0 Å². The van der Waals surface area contributed by atoms with Gasteiger partial charge in [0.05, 0.1) is 25.3 Å². The summed E-state index contributed by atoms with van der Waals surface area (Å²) in [6, 6.07) is 10.2. The number of carbonyl (C=O) groups is 2. The summed E-state index contributed by atoms with van der Waals surface area (Å²) in [6.07, 6.45) is 1.40. The van der Waals surface area contributed by atoms with Gasteiger partial charge in [-0.3, -0.25) is 4.79 Å². The maximum atomic E-state index is 12.6. The molecule has 10 heteroatoms. The van der Waals surface area contributed by atoms with Crippen molar-refractivity contribution >= 4 is 33.9 Å². The lowest BCUT2D eigenvalue weighted by Gasteiger charge is -2.14. The number of rotatable bonds is 11. The molecule has 1 amide bonds. The molecule has 0 saturated heterocycles. The van der Waals surface area contributed by atoms with Crippen LogP contribution in [0.15, 0.2) is 40.4 Å². The van der Waals surface area contributed by atoms with Crippen LogP contribution in [0, 0.1) is 11.3 Å². The van der Waals surface area contributed by atoms with E-state index in [2.05, 4.69) is 21.2 Å². The number of nitrogens with zero attached hydrogens (tertiary/aromatic N) is 1. The summed E-state index contributed by atoms with van der Waals surface area (Å²) in [5.41, 5.74) is 1.07. The predicted molar refractivity (Wildman–Crippen MR) is 123 cm³/mol. The smallest absolute Gasteiger partial charge is 0.341 e. The fourth-order valence-electron chi connectivity index (χ4n) is 2.79. The average Bonchev–Trinajstić information content (AvgIpc) is 2.80. The van der Waals surface area contributed by atoms with Crippen molar-refractivity contribution in [1.29, 1.82) is 5.26 Å². The van der Waals surface area contributed by atoms with E-state index in [1.165, 1.54) is 13.2 Å². The molecule has 2 aromatic rings. The van der Waals surface area contributed by atoms with Crippen LogP contribution in [0.2, 0.25) is 0 Å². The van der Waals surface area contributed by atoms with Crippen LogP contribution in [0.4, 0.5) is 0 Å². The average molecular weight is 519 g/mol. The van der Waals surface area contributed by atoms with E-state index in [4.69, 9.17) is 24.1 Å². The van der Waals surface area contributed by atoms with Gasteiger partial charge in [0.1, 0.15) is 23.1 Å². The number of nitrogens with one attached hydrogen (secondary N) is 1.